The Hall–Kier alpha value is -0.160. The third-order valence-electron chi connectivity index (χ3n) is 3.76. The van der Waals surface area contributed by atoms with E-state index in [2.05, 4.69) is 19.2 Å². The van der Waals surface area contributed by atoms with E-state index in [0.29, 0.717) is 25.7 Å². The van der Waals surface area contributed by atoms with Crippen LogP contribution in [0.2, 0.25) is 0 Å². The van der Waals surface area contributed by atoms with Crippen LogP contribution in [0.4, 0.5) is 0 Å². The van der Waals surface area contributed by atoms with E-state index in [9.17, 15) is 5.11 Å². The van der Waals surface area contributed by atoms with E-state index < -0.39 is 5.60 Å². The van der Waals surface area contributed by atoms with Gasteiger partial charge in [0.05, 0.1) is 18.8 Å². The van der Waals surface area contributed by atoms with Gasteiger partial charge in [-0.25, -0.2) is 0 Å². The third-order valence-corrected chi connectivity index (χ3v) is 3.76. The number of rotatable bonds is 4. The van der Waals surface area contributed by atoms with Crippen LogP contribution in [0.1, 0.15) is 39.5 Å². The highest BCUT2D eigenvalue weighted by atomic mass is 16.7. The van der Waals surface area contributed by atoms with Crippen molar-refractivity contribution in [1.29, 1.82) is 0 Å². The molecule has 4 nitrogen and oxygen atoms in total. The maximum Gasteiger partial charge on any atom is 0.168 e. The molecule has 1 saturated carbocycles. The lowest BCUT2D eigenvalue weighted by Crippen LogP contribution is -2.49. The van der Waals surface area contributed by atoms with E-state index in [0.717, 1.165) is 32.2 Å². The lowest BCUT2D eigenvalue weighted by Gasteiger charge is -2.40. The molecule has 1 aliphatic heterocycles. The Morgan fingerprint density at radius 2 is 1.71 bits per heavy atom. The first-order valence-electron chi connectivity index (χ1n) is 6.75. The highest BCUT2D eigenvalue weighted by Gasteiger charge is 2.45. The maximum atomic E-state index is 10.5. The van der Waals surface area contributed by atoms with Gasteiger partial charge in [0, 0.05) is 19.4 Å². The molecule has 2 aliphatic rings. The molecule has 2 N–H and O–H groups in total. The molecule has 0 atom stereocenters. The fourth-order valence-corrected chi connectivity index (χ4v) is 2.65. The molecule has 0 aromatic rings. The van der Waals surface area contributed by atoms with Crippen molar-refractivity contribution >= 4 is 0 Å². The summed E-state index contributed by atoms with van der Waals surface area (Å²) in [7, 11) is 0. The third kappa shape index (κ3) is 3.41. The van der Waals surface area contributed by atoms with Crippen molar-refractivity contribution in [3.8, 4) is 0 Å². The van der Waals surface area contributed by atoms with Gasteiger partial charge in [0.1, 0.15) is 0 Å². The van der Waals surface area contributed by atoms with Crippen LogP contribution in [-0.2, 0) is 9.47 Å². The van der Waals surface area contributed by atoms with Gasteiger partial charge in [0.15, 0.2) is 5.79 Å². The van der Waals surface area contributed by atoms with E-state index in [4.69, 9.17) is 9.47 Å². The fourth-order valence-electron chi connectivity index (χ4n) is 2.65. The Morgan fingerprint density at radius 1 is 1.12 bits per heavy atom. The molecule has 4 heteroatoms. The summed E-state index contributed by atoms with van der Waals surface area (Å²) in [6.45, 7) is 7.38. The molecule has 17 heavy (non-hydrogen) atoms. The molecule has 2 fully saturated rings. The standard InChI is InChI=1S/C13H25NO3/c1-11(2)9-14-10-12(15)3-5-13(6-4-12)16-7-8-17-13/h11,14-15H,3-10H2,1-2H3. The first-order chi connectivity index (χ1) is 8.04. The molecule has 1 heterocycles. The van der Waals surface area contributed by atoms with Crippen LogP contribution in [0.3, 0.4) is 0 Å². The second-order valence-corrected chi connectivity index (χ2v) is 5.86. The molecule has 1 saturated heterocycles. The highest BCUT2D eigenvalue weighted by Crippen LogP contribution is 2.39. The fraction of sp³-hybridized carbons (Fsp3) is 1.00. The highest BCUT2D eigenvalue weighted by molar-refractivity contribution is 4.92. The van der Waals surface area contributed by atoms with E-state index in [1.54, 1.807) is 0 Å². The van der Waals surface area contributed by atoms with Crippen molar-refractivity contribution in [1.82, 2.24) is 5.32 Å². The topological polar surface area (TPSA) is 50.7 Å². The van der Waals surface area contributed by atoms with E-state index in [1.165, 1.54) is 0 Å². The van der Waals surface area contributed by atoms with Gasteiger partial charge in [-0.3, -0.25) is 0 Å². The van der Waals surface area contributed by atoms with Crippen LogP contribution in [-0.4, -0.2) is 42.8 Å². The number of hydrogen-bond donors (Lipinski definition) is 2. The van der Waals surface area contributed by atoms with Gasteiger partial charge < -0.3 is 19.9 Å². The Labute approximate surface area is 104 Å². The molecule has 0 aromatic carbocycles. The Kier molecular flexibility index (Phi) is 4.08. The van der Waals surface area contributed by atoms with Gasteiger partial charge in [-0.05, 0) is 25.3 Å². The van der Waals surface area contributed by atoms with E-state index in [-0.39, 0.29) is 5.79 Å². The number of aliphatic hydroxyl groups is 1. The summed E-state index contributed by atoms with van der Waals surface area (Å²) >= 11 is 0. The largest absolute Gasteiger partial charge is 0.389 e. The molecular formula is C13H25NO3. The molecule has 2 rings (SSSR count). The zero-order valence-electron chi connectivity index (χ0n) is 11.0. The minimum atomic E-state index is -0.574. The molecule has 1 spiro atoms. The predicted molar refractivity (Wildman–Crippen MR) is 65.8 cm³/mol. The monoisotopic (exact) mass is 243 g/mol. The molecule has 0 radical (unpaired) electrons. The minimum Gasteiger partial charge on any atom is -0.389 e. The zero-order valence-corrected chi connectivity index (χ0v) is 11.0. The molecule has 1 aliphatic carbocycles. The van der Waals surface area contributed by atoms with Gasteiger partial charge in [0.2, 0.25) is 0 Å². The predicted octanol–water partition coefficient (Wildman–Crippen LogP) is 1.28. The van der Waals surface area contributed by atoms with Crippen LogP contribution in [0, 0.1) is 5.92 Å². The van der Waals surface area contributed by atoms with E-state index in [1.807, 2.05) is 0 Å². The van der Waals surface area contributed by atoms with Crippen LogP contribution < -0.4 is 5.32 Å². The van der Waals surface area contributed by atoms with Crippen LogP contribution in [0.15, 0.2) is 0 Å². The van der Waals surface area contributed by atoms with Crippen molar-refractivity contribution < 1.29 is 14.6 Å². The summed E-state index contributed by atoms with van der Waals surface area (Å²) in [4.78, 5) is 0. The summed E-state index contributed by atoms with van der Waals surface area (Å²) in [6.07, 6.45) is 3.15. The average molecular weight is 243 g/mol. The summed E-state index contributed by atoms with van der Waals surface area (Å²) < 4.78 is 11.3. The van der Waals surface area contributed by atoms with Gasteiger partial charge in [-0.2, -0.15) is 0 Å². The van der Waals surface area contributed by atoms with Crippen molar-refractivity contribution in [2.24, 2.45) is 5.92 Å². The van der Waals surface area contributed by atoms with Crippen LogP contribution in [0.5, 0.6) is 0 Å². The van der Waals surface area contributed by atoms with Gasteiger partial charge in [-0.1, -0.05) is 13.8 Å². The van der Waals surface area contributed by atoms with Gasteiger partial charge in [-0.15, -0.1) is 0 Å². The minimum absolute atomic E-state index is 0.371. The van der Waals surface area contributed by atoms with Gasteiger partial charge in [0.25, 0.3) is 0 Å². The van der Waals surface area contributed by atoms with Crippen molar-refractivity contribution in [3.63, 3.8) is 0 Å². The number of nitrogens with one attached hydrogen (secondary N) is 1. The Balaban J connectivity index is 1.76. The summed E-state index contributed by atoms with van der Waals surface area (Å²) in [5.74, 6) is 0.250. The lowest BCUT2D eigenvalue weighted by molar-refractivity contribution is -0.201. The molecule has 0 unspecified atom stereocenters. The quantitative estimate of drug-likeness (QED) is 0.781. The second-order valence-electron chi connectivity index (χ2n) is 5.86. The first kappa shape index (κ1) is 13.3. The lowest BCUT2D eigenvalue weighted by atomic mass is 9.81. The van der Waals surface area contributed by atoms with Crippen molar-refractivity contribution in [2.45, 2.75) is 50.9 Å². The Bertz CT molecular complexity index is 239. The van der Waals surface area contributed by atoms with Gasteiger partial charge >= 0.3 is 0 Å². The molecule has 100 valence electrons. The SMILES string of the molecule is CC(C)CNCC1(O)CCC2(CC1)OCCO2. The van der Waals surface area contributed by atoms with E-state index >= 15 is 0 Å². The maximum absolute atomic E-state index is 10.5. The summed E-state index contributed by atoms with van der Waals surface area (Å²) in [5, 5.41) is 13.8. The average Bonchev–Trinajstić information content (AvgIpc) is 2.72. The Morgan fingerprint density at radius 3 is 2.24 bits per heavy atom. The summed E-state index contributed by atoms with van der Waals surface area (Å²) in [5.41, 5.74) is -0.574. The molecule has 0 bridgehead atoms. The zero-order chi connectivity index (χ0) is 12.4. The smallest absolute Gasteiger partial charge is 0.168 e. The normalized spacial score (nSPS) is 26.8. The first-order valence-corrected chi connectivity index (χ1v) is 6.75. The second kappa shape index (κ2) is 5.22. The van der Waals surface area contributed by atoms with Crippen LogP contribution >= 0.6 is 0 Å². The molecular weight excluding hydrogens is 218 g/mol. The van der Waals surface area contributed by atoms with Crippen molar-refractivity contribution in [2.75, 3.05) is 26.3 Å². The summed E-state index contributed by atoms with van der Waals surface area (Å²) in [6, 6.07) is 0. The van der Waals surface area contributed by atoms with Crippen LogP contribution in [0.25, 0.3) is 0 Å². The molecule has 0 aromatic heterocycles. The van der Waals surface area contributed by atoms with Crippen molar-refractivity contribution in [3.05, 3.63) is 0 Å². The number of hydrogen-bond acceptors (Lipinski definition) is 4. The number of ether oxygens (including phenoxy) is 2. The molecule has 0 amide bonds.